The van der Waals surface area contributed by atoms with Crippen LogP contribution in [0, 0.1) is 0 Å². The second kappa shape index (κ2) is 7.69. The molecular formula is C18H15Cl2N7O2. The summed E-state index contributed by atoms with van der Waals surface area (Å²) in [6.07, 6.45) is 4.34. The van der Waals surface area contributed by atoms with E-state index in [9.17, 15) is 4.79 Å². The van der Waals surface area contributed by atoms with Crippen molar-refractivity contribution in [3.05, 3.63) is 58.1 Å². The van der Waals surface area contributed by atoms with Crippen LogP contribution in [0.3, 0.4) is 0 Å². The number of rotatable bonds is 5. The highest BCUT2D eigenvalue weighted by molar-refractivity contribution is 6.35. The quantitative estimate of drug-likeness (QED) is 0.482. The molecule has 0 atom stereocenters. The number of esters is 1. The lowest BCUT2D eigenvalue weighted by atomic mass is 10.2. The second-order valence-corrected chi connectivity index (χ2v) is 6.89. The number of anilines is 1. The molecule has 0 saturated heterocycles. The largest absolute Gasteiger partial charge is 0.462 e. The Labute approximate surface area is 175 Å². The van der Waals surface area contributed by atoms with Crippen molar-refractivity contribution in [1.29, 1.82) is 0 Å². The van der Waals surface area contributed by atoms with Gasteiger partial charge in [-0.25, -0.2) is 19.4 Å². The first kappa shape index (κ1) is 19.2. The molecule has 0 amide bonds. The first-order valence-electron chi connectivity index (χ1n) is 8.61. The van der Waals surface area contributed by atoms with Crippen molar-refractivity contribution in [1.82, 2.24) is 29.5 Å². The molecule has 9 nitrogen and oxygen atoms in total. The van der Waals surface area contributed by atoms with Crippen LogP contribution in [0.2, 0.25) is 10.0 Å². The van der Waals surface area contributed by atoms with E-state index in [4.69, 9.17) is 33.7 Å². The van der Waals surface area contributed by atoms with Gasteiger partial charge in [-0.3, -0.25) is 0 Å². The van der Waals surface area contributed by atoms with E-state index in [-0.39, 0.29) is 18.0 Å². The van der Waals surface area contributed by atoms with Gasteiger partial charge >= 0.3 is 5.97 Å². The van der Waals surface area contributed by atoms with E-state index in [1.54, 1.807) is 29.9 Å². The van der Waals surface area contributed by atoms with Crippen LogP contribution in [-0.2, 0) is 11.3 Å². The molecule has 148 valence electrons. The number of ether oxygens (including phenoxy) is 1. The van der Waals surface area contributed by atoms with E-state index in [1.165, 1.54) is 17.2 Å². The molecule has 3 heterocycles. The van der Waals surface area contributed by atoms with Crippen LogP contribution in [0.15, 0.2) is 36.9 Å². The first-order valence-corrected chi connectivity index (χ1v) is 9.36. The van der Waals surface area contributed by atoms with E-state index >= 15 is 0 Å². The molecule has 1 aromatic carbocycles. The van der Waals surface area contributed by atoms with Crippen LogP contribution in [0.25, 0.3) is 16.9 Å². The third-order valence-electron chi connectivity index (χ3n) is 4.25. The van der Waals surface area contributed by atoms with Crippen LogP contribution in [0.4, 0.5) is 5.82 Å². The van der Waals surface area contributed by atoms with Crippen LogP contribution in [0.1, 0.15) is 22.8 Å². The number of nitrogen functional groups attached to an aromatic ring is 1. The lowest BCUT2D eigenvalue weighted by Gasteiger charge is -2.07. The van der Waals surface area contributed by atoms with E-state index < -0.39 is 5.97 Å². The Morgan fingerprint density at radius 3 is 2.79 bits per heavy atom. The molecule has 0 bridgehead atoms. The molecule has 29 heavy (non-hydrogen) atoms. The Kier molecular flexibility index (Phi) is 5.08. The average molecular weight is 432 g/mol. The molecule has 0 fully saturated rings. The van der Waals surface area contributed by atoms with E-state index in [1.807, 2.05) is 6.07 Å². The maximum Gasteiger partial charge on any atom is 0.343 e. The molecule has 2 N–H and O–H groups in total. The molecule has 4 aromatic rings. The summed E-state index contributed by atoms with van der Waals surface area (Å²) in [6, 6.07) is 5.26. The van der Waals surface area contributed by atoms with Gasteiger partial charge in [-0.15, -0.1) is 0 Å². The van der Waals surface area contributed by atoms with Crippen molar-refractivity contribution in [3.63, 3.8) is 0 Å². The summed E-state index contributed by atoms with van der Waals surface area (Å²) >= 11 is 12.2. The van der Waals surface area contributed by atoms with Gasteiger partial charge in [0.05, 0.1) is 30.9 Å². The van der Waals surface area contributed by atoms with Crippen molar-refractivity contribution in [2.45, 2.75) is 13.5 Å². The lowest BCUT2D eigenvalue weighted by molar-refractivity contribution is 0.0527. The molecule has 0 spiro atoms. The van der Waals surface area contributed by atoms with E-state index in [2.05, 4.69) is 20.2 Å². The van der Waals surface area contributed by atoms with Gasteiger partial charge in [-0.2, -0.15) is 14.9 Å². The maximum absolute atomic E-state index is 12.0. The first-order chi connectivity index (χ1) is 14.0. The zero-order valence-corrected chi connectivity index (χ0v) is 16.7. The van der Waals surface area contributed by atoms with E-state index in [0.29, 0.717) is 33.4 Å². The molecule has 0 aliphatic rings. The summed E-state index contributed by atoms with van der Waals surface area (Å²) in [7, 11) is 0. The van der Waals surface area contributed by atoms with Gasteiger partial charge in [-0.05, 0) is 24.6 Å². The molecule has 0 aliphatic heterocycles. The minimum absolute atomic E-state index is 0.122. The highest BCUT2D eigenvalue weighted by Gasteiger charge is 2.20. The number of aromatic nitrogens is 6. The lowest BCUT2D eigenvalue weighted by Crippen LogP contribution is -2.10. The zero-order valence-electron chi connectivity index (χ0n) is 15.2. The minimum atomic E-state index is -0.547. The smallest absolute Gasteiger partial charge is 0.343 e. The van der Waals surface area contributed by atoms with Gasteiger partial charge in [0, 0.05) is 10.0 Å². The SMILES string of the molecule is CCOC(=O)c1cnn(-c2ncnc3c2cnn3Cc2ccc(Cl)cc2Cl)c1N. The molecule has 0 radical (unpaired) electrons. The van der Waals surface area contributed by atoms with Crippen LogP contribution in [0.5, 0.6) is 0 Å². The summed E-state index contributed by atoms with van der Waals surface area (Å²) in [4.78, 5) is 20.6. The summed E-state index contributed by atoms with van der Waals surface area (Å²) in [5, 5.41) is 10.3. The Morgan fingerprint density at radius 1 is 1.21 bits per heavy atom. The molecule has 0 unspecified atom stereocenters. The fourth-order valence-electron chi connectivity index (χ4n) is 2.87. The predicted octanol–water partition coefficient (Wildman–Crippen LogP) is 3.13. The number of fused-ring (bicyclic) bond motifs is 1. The maximum atomic E-state index is 12.0. The molecule has 11 heteroatoms. The van der Waals surface area contributed by atoms with Gasteiger partial charge in [0.1, 0.15) is 17.7 Å². The van der Waals surface area contributed by atoms with Crippen LogP contribution >= 0.6 is 23.2 Å². The summed E-state index contributed by atoms with van der Waals surface area (Å²) in [5.41, 5.74) is 7.67. The highest BCUT2D eigenvalue weighted by atomic mass is 35.5. The molecule has 0 saturated carbocycles. The standard InChI is InChI=1S/C18H15Cl2N7O2/c1-2-29-18(28)12-6-25-27(15(12)21)17-13-7-24-26(16(13)22-9-23-17)8-10-3-4-11(19)5-14(10)20/h3-7,9H,2,8,21H2,1H3. The number of carbonyl (C=O) groups excluding carboxylic acids is 1. The van der Waals surface area contributed by atoms with Gasteiger partial charge < -0.3 is 10.5 Å². The summed E-state index contributed by atoms with van der Waals surface area (Å²) < 4.78 is 8.03. The third kappa shape index (κ3) is 3.50. The molecule has 4 rings (SSSR count). The number of hydrogen-bond donors (Lipinski definition) is 1. The topological polar surface area (TPSA) is 114 Å². The van der Waals surface area contributed by atoms with Crippen molar-refractivity contribution < 1.29 is 9.53 Å². The number of halogens is 2. The monoisotopic (exact) mass is 431 g/mol. The normalized spacial score (nSPS) is 11.1. The van der Waals surface area contributed by atoms with Crippen molar-refractivity contribution >= 4 is 46.0 Å². The molecular weight excluding hydrogens is 417 g/mol. The van der Waals surface area contributed by atoms with Crippen molar-refractivity contribution in [3.8, 4) is 5.82 Å². The number of nitrogens with zero attached hydrogens (tertiary/aromatic N) is 6. The Morgan fingerprint density at radius 2 is 2.03 bits per heavy atom. The Bertz CT molecular complexity index is 1220. The van der Waals surface area contributed by atoms with Gasteiger partial charge in [-0.1, -0.05) is 29.3 Å². The van der Waals surface area contributed by atoms with E-state index in [0.717, 1.165) is 5.56 Å². The number of nitrogens with two attached hydrogens (primary N) is 1. The molecule has 0 aliphatic carbocycles. The Hall–Kier alpha value is -3.17. The van der Waals surface area contributed by atoms with Crippen molar-refractivity contribution in [2.75, 3.05) is 12.3 Å². The second-order valence-electron chi connectivity index (χ2n) is 6.05. The third-order valence-corrected chi connectivity index (χ3v) is 4.84. The summed E-state index contributed by atoms with van der Waals surface area (Å²) in [5.74, 6) is -0.0249. The number of hydrogen-bond acceptors (Lipinski definition) is 7. The molecule has 3 aromatic heterocycles. The van der Waals surface area contributed by atoms with Gasteiger partial charge in [0.2, 0.25) is 0 Å². The number of benzene rings is 1. The highest BCUT2D eigenvalue weighted by Crippen LogP contribution is 2.25. The van der Waals surface area contributed by atoms with Crippen LogP contribution < -0.4 is 5.73 Å². The van der Waals surface area contributed by atoms with Gasteiger partial charge in [0.15, 0.2) is 11.5 Å². The number of carbonyl (C=O) groups is 1. The minimum Gasteiger partial charge on any atom is -0.462 e. The predicted molar refractivity (Wildman–Crippen MR) is 108 cm³/mol. The fraction of sp³-hybridized carbons (Fsp3) is 0.167. The van der Waals surface area contributed by atoms with Gasteiger partial charge in [0.25, 0.3) is 0 Å². The fourth-order valence-corrected chi connectivity index (χ4v) is 3.34. The van der Waals surface area contributed by atoms with Crippen LogP contribution in [-0.4, -0.2) is 42.1 Å². The summed E-state index contributed by atoms with van der Waals surface area (Å²) in [6.45, 7) is 2.34. The zero-order chi connectivity index (χ0) is 20.5. The Balaban J connectivity index is 1.74. The van der Waals surface area contributed by atoms with Crippen molar-refractivity contribution in [2.24, 2.45) is 0 Å². The average Bonchev–Trinajstić information content (AvgIpc) is 3.28.